The van der Waals surface area contributed by atoms with Crippen molar-refractivity contribution in [3.8, 4) is 0 Å². The first-order chi connectivity index (χ1) is 17.4. The van der Waals surface area contributed by atoms with E-state index in [1.54, 1.807) is 39.8 Å². The van der Waals surface area contributed by atoms with E-state index in [4.69, 9.17) is 23.7 Å². The van der Waals surface area contributed by atoms with Crippen LogP contribution in [0.1, 0.15) is 80.1 Å². The number of carbonyl (C=O) groups is 3. The van der Waals surface area contributed by atoms with Gasteiger partial charge >= 0.3 is 17.9 Å². The minimum Gasteiger partial charge on any atom is -0.463 e. The van der Waals surface area contributed by atoms with E-state index in [1.807, 2.05) is 6.92 Å². The molecule has 5 rings (SSSR count). The van der Waals surface area contributed by atoms with Crippen LogP contribution in [-0.4, -0.2) is 60.1 Å². The highest BCUT2D eigenvalue weighted by Gasteiger charge is 2.77. The Bertz CT molecular complexity index is 1060. The summed E-state index contributed by atoms with van der Waals surface area (Å²) in [7, 11) is 0. The molecule has 2 saturated carbocycles. The fraction of sp³-hybridized carbons (Fsp3) is 0.759. The number of carbonyl (C=O) groups excluding carboxylic acids is 3. The second-order valence-electron chi connectivity index (χ2n) is 12.1. The zero-order chi connectivity index (χ0) is 26.8. The van der Waals surface area contributed by atoms with Crippen molar-refractivity contribution in [3.05, 3.63) is 23.3 Å². The molecule has 3 saturated heterocycles. The van der Waals surface area contributed by atoms with Crippen LogP contribution in [0, 0.1) is 17.3 Å². The molecule has 5 unspecified atom stereocenters. The molecule has 0 N–H and O–H groups in total. The van der Waals surface area contributed by atoms with Gasteiger partial charge in [-0.15, -0.1) is 0 Å². The number of hydrogen-bond donors (Lipinski definition) is 0. The number of epoxide rings is 1. The lowest BCUT2D eigenvalue weighted by Crippen LogP contribution is -2.75. The molecule has 204 valence electrons. The highest BCUT2D eigenvalue weighted by Crippen LogP contribution is 2.68. The van der Waals surface area contributed by atoms with Gasteiger partial charge in [0.1, 0.15) is 23.4 Å². The van der Waals surface area contributed by atoms with Gasteiger partial charge in [0.25, 0.3) is 0 Å². The predicted molar refractivity (Wildman–Crippen MR) is 133 cm³/mol. The van der Waals surface area contributed by atoms with Gasteiger partial charge in [0, 0.05) is 16.6 Å². The SMILES string of the molecule is C/C=C(\C)C(=O)O[C@H]1[C@H](OC(=O)/C(C)=C/C)C2(C)C(CCCC23CO3)C2CC[C@@]3(COC(=O)C3)OC21C. The van der Waals surface area contributed by atoms with Crippen LogP contribution in [0.3, 0.4) is 0 Å². The Morgan fingerprint density at radius 1 is 0.919 bits per heavy atom. The van der Waals surface area contributed by atoms with E-state index in [-0.39, 0.29) is 30.8 Å². The number of fused-ring (bicyclic) bond motifs is 4. The van der Waals surface area contributed by atoms with Crippen LogP contribution in [0.5, 0.6) is 0 Å². The first-order valence-electron chi connectivity index (χ1n) is 13.6. The van der Waals surface area contributed by atoms with E-state index in [0.29, 0.717) is 24.2 Å². The Morgan fingerprint density at radius 2 is 1.54 bits per heavy atom. The number of hydrogen-bond acceptors (Lipinski definition) is 8. The van der Waals surface area contributed by atoms with Gasteiger partial charge in [0.2, 0.25) is 0 Å². The maximum absolute atomic E-state index is 13.3. The fourth-order valence-corrected chi connectivity index (χ4v) is 7.75. The minimum absolute atomic E-state index is 0.0293. The second kappa shape index (κ2) is 8.94. The molecule has 0 bridgehead atoms. The highest BCUT2D eigenvalue weighted by molar-refractivity contribution is 5.89. The molecule has 37 heavy (non-hydrogen) atoms. The third kappa shape index (κ3) is 3.89. The summed E-state index contributed by atoms with van der Waals surface area (Å²) in [5.74, 6) is -1.03. The van der Waals surface area contributed by atoms with Crippen LogP contribution < -0.4 is 0 Å². The average Bonchev–Trinajstić information content (AvgIpc) is 3.57. The van der Waals surface area contributed by atoms with Crippen molar-refractivity contribution < 1.29 is 38.1 Å². The van der Waals surface area contributed by atoms with Crippen molar-refractivity contribution in [1.29, 1.82) is 0 Å². The summed E-state index contributed by atoms with van der Waals surface area (Å²) in [6.45, 7) is 11.9. The molecule has 3 aliphatic heterocycles. The lowest BCUT2D eigenvalue weighted by atomic mass is 9.45. The first kappa shape index (κ1) is 26.4. The topological polar surface area (TPSA) is 101 Å². The first-order valence-corrected chi connectivity index (χ1v) is 13.6. The lowest BCUT2D eigenvalue weighted by molar-refractivity contribution is -0.325. The van der Waals surface area contributed by atoms with Crippen LogP contribution in [-0.2, 0) is 38.1 Å². The van der Waals surface area contributed by atoms with Crippen LogP contribution in [0.2, 0.25) is 0 Å². The Morgan fingerprint density at radius 3 is 2.08 bits per heavy atom. The summed E-state index contributed by atoms with van der Waals surface area (Å²) in [6, 6.07) is 0. The van der Waals surface area contributed by atoms with Crippen LogP contribution >= 0.6 is 0 Å². The molecule has 8 heteroatoms. The molecule has 0 aromatic rings. The van der Waals surface area contributed by atoms with E-state index in [9.17, 15) is 14.4 Å². The Labute approximate surface area is 219 Å². The van der Waals surface area contributed by atoms with Crippen LogP contribution in [0.4, 0.5) is 0 Å². The summed E-state index contributed by atoms with van der Waals surface area (Å²) in [4.78, 5) is 38.7. The standard InChI is InChI=1S/C29H40O8/c1-7-17(3)24(31)35-22-23(36-25(32)18(4)8-2)27(6)20(11-13-28(37-27)14-21(30)33-15-28)19-10-9-12-29(16-34-29)26(19,22)5/h7-8,19-20,22-23H,9-16H2,1-6H3/b17-7+,18-8+/t19?,20?,22-,23-,26?,27?,28+,29?/m0/s1. The van der Waals surface area contributed by atoms with E-state index in [2.05, 4.69) is 6.92 Å². The van der Waals surface area contributed by atoms with E-state index >= 15 is 0 Å². The smallest absolute Gasteiger partial charge is 0.333 e. The fourth-order valence-electron chi connectivity index (χ4n) is 7.75. The van der Waals surface area contributed by atoms with E-state index < -0.39 is 46.4 Å². The number of cyclic esters (lactones) is 1. The van der Waals surface area contributed by atoms with Crippen molar-refractivity contribution in [2.45, 2.75) is 109 Å². The Kier molecular flexibility index (Phi) is 6.38. The Balaban J connectivity index is 1.64. The third-order valence-corrected chi connectivity index (χ3v) is 10.3. The zero-order valence-corrected chi connectivity index (χ0v) is 22.9. The van der Waals surface area contributed by atoms with Gasteiger partial charge in [-0.1, -0.05) is 25.5 Å². The van der Waals surface area contributed by atoms with Crippen molar-refractivity contribution in [2.24, 2.45) is 17.3 Å². The number of ether oxygens (including phenoxy) is 5. The van der Waals surface area contributed by atoms with Crippen LogP contribution in [0.15, 0.2) is 23.3 Å². The number of rotatable bonds is 4. The molecule has 8 nitrogen and oxygen atoms in total. The molecular formula is C29H40O8. The molecule has 5 aliphatic rings. The molecule has 0 amide bonds. The van der Waals surface area contributed by atoms with Gasteiger partial charge in [-0.3, -0.25) is 4.79 Å². The maximum atomic E-state index is 13.3. The summed E-state index contributed by atoms with van der Waals surface area (Å²) >= 11 is 0. The molecule has 2 aliphatic carbocycles. The van der Waals surface area contributed by atoms with E-state index in [0.717, 1.165) is 25.7 Å². The second-order valence-corrected chi connectivity index (χ2v) is 12.1. The number of esters is 3. The quantitative estimate of drug-likeness (QED) is 0.237. The van der Waals surface area contributed by atoms with Crippen molar-refractivity contribution in [2.75, 3.05) is 13.2 Å². The molecule has 0 aromatic heterocycles. The number of allylic oxidation sites excluding steroid dienone is 2. The highest BCUT2D eigenvalue weighted by atomic mass is 16.6. The van der Waals surface area contributed by atoms with Crippen molar-refractivity contribution in [1.82, 2.24) is 0 Å². The Hall–Kier alpha value is -2.19. The largest absolute Gasteiger partial charge is 0.463 e. The normalized spacial score (nSPS) is 45.2. The predicted octanol–water partition coefficient (Wildman–Crippen LogP) is 4.20. The van der Waals surface area contributed by atoms with Crippen LogP contribution in [0.25, 0.3) is 0 Å². The summed E-state index contributed by atoms with van der Waals surface area (Å²) in [5, 5.41) is 0. The van der Waals surface area contributed by atoms with Gasteiger partial charge in [-0.2, -0.15) is 0 Å². The third-order valence-electron chi connectivity index (χ3n) is 10.3. The molecule has 0 radical (unpaired) electrons. The molecule has 0 aromatic carbocycles. The summed E-state index contributed by atoms with van der Waals surface area (Å²) in [5.41, 5.74) is -1.79. The average molecular weight is 517 g/mol. The van der Waals surface area contributed by atoms with Crippen molar-refractivity contribution >= 4 is 17.9 Å². The molecule has 2 spiro atoms. The lowest BCUT2D eigenvalue weighted by Gasteiger charge is -2.65. The molecule has 5 fully saturated rings. The molecular weight excluding hydrogens is 476 g/mol. The van der Waals surface area contributed by atoms with Gasteiger partial charge in [0.15, 0.2) is 12.2 Å². The van der Waals surface area contributed by atoms with Gasteiger partial charge in [0.05, 0.1) is 13.0 Å². The monoisotopic (exact) mass is 516 g/mol. The minimum atomic E-state index is -0.984. The van der Waals surface area contributed by atoms with Gasteiger partial charge in [-0.05, 0) is 72.1 Å². The van der Waals surface area contributed by atoms with Crippen molar-refractivity contribution in [3.63, 3.8) is 0 Å². The van der Waals surface area contributed by atoms with Gasteiger partial charge < -0.3 is 23.7 Å². The zero-order valence-electron chi connectivity index (χ0n) is 22.9. The summed E-state index contributed by atoms with van der Waals surface area (Å²) < 4.78 is 31.1. The summed E-state index contributed by atoms with van der Waals surface area (Å²) in [6.07, 6.45) is 6.24. The molecule has 8 atom stereocenters. The maximum Gasteiger partial charge on any atom is 0.333 e. The molecule has 3 heterocycles. The van der Waals surface area contributed by atoms with Gasteiger partial charge in [-0.25, -0.2) is 9.59 Å². The van der Waals surface area contributed by atoms with E-state index in [1.165, 1.54) is 0 Å².